The molecule has 0 fully saturated rings. The molecule has 0 aromatic carbocycles. The van der Waals surface area contributed by atoms with Gasteiger partial charge in [-0.3, -0.25) is 0 Å². The summed E-state index contributed by atoms with van der Waals surface area (Å²) in [5, 5.41) is 17.0. The van der Waals surface area contributed by atoms with Crippen molar-refractivity contribution in [1.82, 2.24) is 0 Å². The minimum Gasteiger partial charge on any atom is -0.462 e. The molecule has 5 heteroatoms. The monoisotopic (exact) mass is 186 g/mol. The molecular weight excluding hydrogens is 171 g/mol. The Balaban J connectivity index is 3.26. The van der Waals surface area contributed by atoms with Crippen molar-refractivity contribution in [3.05, 3.63) is 12.2 Å². The summed E-state index contributed by atoms with van der Waals surface area (Å²) in [5.74, 6) is -0.399. The molecule has 0 spiro atoms. The molecular formula is C8H15BO4. The Morgan fingerprint density at radius 2 is 2.08 bits per heavy atom. The van der Waals surface area contributed by atoms with Crippen molar-refractivity contribution in [1.29, 1.82) is 0 Å². The standard InChI is InChI=1S/C8H15BO4/c1-7(2)8(10)13-6-4-3-5-9(11)12/h11-12H,1,3-6H2,2H3. The van der Waals surface area contributed by atoms with Gasteiger partial charge in [0.15, 0.2) is 0 Å². The van der Waals surface area contributed by atoms with Gasteiger partial charge in [-0.05, 0) is 19.7 Å². The van der Waals surface area contributed by atoms with Crippen molar-refractivity contribution in [2.24, 2.45) is 0 Å². The third kappa shape index (κ3) is 7.55. The van der Waals surface area contributed by atoms with Crippen LogP contribution < -0.4 is 0 Å². The molecule has 0 saturated heterocycles. The molecule has 13 heavy (non-hydrogen) atoms. The van der Waals surface area contributed by atoms with Crippen molar-refractivity contribution >= 4 is 13.1 Å². The normalized spacial score (nSPS) is 9.46. The molecule has 0 aromatic heterocycles. The highest BCUT2D eigenvalue weighted by Gasteiger charge is 2.06. The lowest BCUT2D eigenvalue weighted by Crippen LogP contribution is -2.11. The fraction of sp³-hybridized carbons (Fsp3) is 0.625. The molecule has 0 aliphatic carbocycles. The molecule has 0 rings (SSSR count). The summed E-state index contributed by atoms with van der Waals surface area (Å²) in [5.41, 5.74) is 0.377. The van der Waals surface area contributed by atoms with E-state index < -0.39 is 13.1 Å². The summed E-state index contributed by atoms with van der Waals surface area (Å²) < 4.78 is 4.78. The number of esters is 1. The average Bonchev–Trinajstić information content (AvgIpc) is 2.02. The molecule has 0 saturated carbocycles. The molecule has 0 heterocycles. The number of unbranched alkanes of at least 4 members (excludes halogenated alkanes) is 1. The van der Waals surface area contributed by atoms with Gasteiger partial charge in [0.05, 0.1) is 6.61 Å². The lowest BCUT2D eigenvalue weighted by molar-refractivity contribution is -0.139. The molecule has 0 amide bonds. The number of carbonyl (C=O) groups excluding carboxylic acids is 1. The van der Waals surface area contributed by atoms with E-state index in [0.29, 0.717) is 31.3 Å². The molecule has 0 aromatic rings. The maximum absolute atomic E-state index is 10.8. The van der Waals surface area contributed by atoms with Crippen LogP contribution in [0, 0.1) is 0 Å². The van der Waals surface area contributed by atoms with E-state index >= 15 is 0 Å². The zero-order valence-corrected chi connectivity index (χ0v) is 7.82. The lowest BCUT2D eigenvalue weighted by atomic mass is 9.84. The van der Waals surface area contributed by atoms with Crippen LogP contribution in [-0.2, 0) is 9.53 Å². The zero-order valence-electron chi connectivity index (χ0n) is 7.82. The van der Waals surface area contributed by atoms with Crippen molar-refractivity contribution < 1.29 is 19.6 Å². The van der Waals surface area contributed by atoms with Crippen molar-refractivity contribution in [3.8, 4) is 0 Å². The summed E-state index contributed by atoms with van der Waals surface area (Å²) in [4.78, 5) is 10.8. The summed E-state index contributed by atoms with van der Waals surface area (Å²) in [6, 6.07) is 0. The summed E-state index contributed by atoms with van der Waals surface area (Å²) in [6.45, 7) is 5.31. The fourth-order valence-electron chi connectivity index (χ4n) is 0.717. The zero-order chi connectivity index (χ0) is 10.3. The van der Waals surface area contributed by atoms with Crippen LogP contribution in [0.15, 0.2) is 12.2 Å². The average molecular weight is 186 g/mol. The first kappa shape index (κ1) is 12.2. The quantitative estimate of drug-likeness (QED) is 0.272. The Kier molecular flexibility index (Phi) is 6.27. The van der Waals surface area contributed by atoms with E-state index in [1.807, 2.05) is 0 Å². The minimum absolute atomic E-state index is 0.304. The number of ether oxygens (including phenoxy) is 1. The van der Waals surface area contributed by atoms with E-state index in [4.69, 9.17) is 14.8 Å². The SMILES string of the molecule is C=C(C)C(=O)OCCCCB(O)O. The van der Waals surface area contributed by atoms with Crippen molar-refractivity contribution in [3.63, 3.8) is 0 Å². The van der Waals surface area contributed by atoms with Crippen molar-refractivity contribution in [2.45, 2.75) is 26.1 Å². The first-order valence-electron chi connectivity index (χ1n) is 4.23. The summed E-state index contributed by atoms with van der Waals surface area (Å²) >= 11 is 0. The summed E-state index contributed by atoms with van der Waals surface area (Å²) in [7, 11) is -1.27. The number of hydrogen-bond donors (Lipinski definition) is 2. The Labute approximate surface area is 78.4 Å². The van der Waals surface area contributed by atoms with E-state index in [9.17, 15) is 4.79 Å². The Bertz CT molecular complexity index is 179. The van der Waals surface area contributed by atoms with Crippen LogP contribution in [-0.4, -0.2) is 29.7 Å². The van der Waals surface area contributed by atoms with Crippen LogP contribution in [0.25, 0.3) is 0 Å². The largest absolute Gasteiger partial charge is 0.462 e. The highest BCUT2D eigenvalue weighted by Crippen LogP contribution is 2.00. The third-order valence-electron chi connectivity index (χ3n) is 1.44. The van der Waals surface area contributed by atoms with E-state index in [0.717, 1.165) is 0 Å². The van der Waals surface area contributed by atoms with E-state index in [2.05, 4.69) is 6.58 Å². The highest BCUT2D eigenvalue weighted by atomic mass is 16.5. The highest BCUT2D eigenvalue weighted by molar-refractivity contribution is 6.40. The molecule has 4 nitrogen and oxygen atoms in total. The van der Waals surface area contributed by atoms with Gasteiger partial charge < -0.3 is 14.8 Å². The van der Waals surface area contributed by atoms with Crippen LogP contribution >= 0.6 is 0 Å². The van der Waals surface area contributed by atoms with E-state index in [1.54, 1.807) is 6.92 Å². The number of rotatable bonds is 6. The molecule has 2 N–H and O–H groups in total. The Morgan fingerprint density at radius 3 is 2.54 bits per heavy atom. The fourth-order valence-corrected chi connectivity index (χ4v) is 0.717. The second-order valence-corrected chi connectivity index (χ2v) is 2.89. The molecule has 0 unspecified atom stereocenters. The molecule has 0 atom stereocenters. The van der Waals surface area contributed by atoms with Gasteiger partial charge in [0.25, 0.3) is 0 Å². The molecule has 74 valence electrons. The van der Waals surface area contributed by atoms with Gasteiger partial charge in [0.2, 0.25) is 0 Å². The minimum atomic E-state index is -1.27. The van der Waals surface area contributed by atoms with E-state index in [-0.39, 0.29) is 0 Å². The van der Waals surface area contributed by atoms with Crippen LogP contribution in [0.2, 0.25) is 6.32 Å². The van der Waals surface area contributed by atoms with Crippen molar-refractivity contribution in [2.75, 3.05) is 6.61 Å². The van der Waals surface area contributed by atoms with E-state index in [1.165, 1.54) is 0 Å². The predicted molar refractivity (Wildman–Crippen MR) is 50.0 cm³/mol. The van der Waals surface area contributed by atoms with Gasteiger partial charge >= 0.3 is 13.1 Å². The Hall–Kier alpha value is -0.805. The second kappa shape index (κ2) is 6.68. The lowest BCUT2D eigenvalue weighted by Gasteiger charge is -2.03. The van der Waals surface area contributed by atoms with Gasteiger partial charge in [-0.1, -0.05) is 13.0 Å². The molecule has 0 aliphatic rings. The smallest absolute Gasteiger partial charge is 0.451 e. The molecule has 0 radical (unpaired) electrons. The first-order chi connectivity index (χ1) is 6.04. The van der Waals surface area contributed by atoms with Gasteiger partial charge in [0.1, 0.15) is 0 Å². The van der Waals surface area contributed by atoms with Crippen LogP contribution in [0.5, 0.6) is 0 Å². The summed E-state index contributed by atoms with van der Waals surface area (Å²) in [6.07, 6.45) is 1.57. The van der Waals surface area contributed by atoms with Crippen LogP contribution in [0.3, 0.4) is 0 Å². The second-order valence-electron chi connectivity index (χ2n) is 2.89. The number of hydrogen-bond acceptors (Lipinski definition) is 4. The Morgan fingerprint density at radius 1 is 1.46 bits per heavy atom. The third-order valence-corrected chi connectivity index (χ3v) is 1.44. The molecule has 0 bridgehead atoms. The topological polar surface area (TPSA) is 66.8 Å². The van der Waals surface area contributed by atoms with Gasteiger partial charge in [-0.2, -0.15) is 0 Å². The molecule has 0 aliphatic heterocycles. The van der Waals surface area contributed by atoms with Crippen LogP contribution in [0.1, 0.15) is 19.8 Å². The van der Waals surface area contributed by atoms with Gasteiger partial charge in [-0.15, -0.1) is 0 Å². The van der Waals surface area contributed by atoms with Crippen LogP contribution in [0.4, 0.5) is 0 Å². The maximum Gasteiger partial charge on any atom is 0.451 e. The van der Waals surface area contributed by atoms with Gasteiger partial charge in [0, 0.05) is 5.57 Å². The van der Waals surface area contributed by atoms with Gasteiger partial charge in [-0.25, -0.2) is 4.79 Å². The first-order valence-corrected chi connectivity index (χ1v) is 4.23. The predicted octanol–water partition coefficient (Wildman–Crippen LogP) is 0.359. The number of carbonyl (C=O) groups is 1. The maximum atomic E-state index is 10.8.